The highest BCUT2D eigenvalue weighted by molar-refractivity contribution is 9.10. The molecule has 0 heterocycles. The van der Waals surface area contributed by atoms with Gasteiger partial charge in [-0.3, -0.25) is 0 Å². The van der Waals surface area contributed by atoms with Gasteiger partial charge in [-0.1, -0.05) is 61.0 Å². The topological polar surface area (TPSA) is 12.0 Å². The second kappa shape index (κ2) is 8.71. The summed E-state index contributed by atoms with van der Waals surface area (Å²) in [6, 6.07) is 7.09. The summed E-state index contributed by atoms with van der Waals surface area (Å²) in [5.74, 6) is 0. The molecule has 1 aromatic rings. The summed E-state index contributed by atoms with van der Waals surface area (Å²) in [4.78, 5) is 0. The van der Waals surface area contributed by atoms with Gasteiger partial charge in [0.1, 0.15) is 0 Å². The Kier molecular flexibility index (Phi) is 7.60. The van der Waals surface area contributed by atoms with Crippen molar-refractivity contribution in [3.63, 3.8) is 0 Å². The van der Waals surface area contributed by atoms with Crippen LogP contribution < -0.4 is 5.32 Å². The Morgan fingerprint density at radius 2 is 1.89 bits per heavy atom. The van der Waals surface area contributed by atoms with Gasteiger partial charge >= 0.3 is 0 Å². The molecule has 1 nitrogen and oxygen atoms in total. The van der Waals surface area contributed by atoms with Gasteiger partial charge in [0.25, 0.3) is 0 Å². The second-order valence-electron chi connectivity index (χ2n) is 5.05. The Bertz CT molecular complexity index is 349. The first kappa shape index (κ1) is 15.7. The molecule has 0 aliphatic rings. The van der Waals surface area contributed by atoms with Gasteiger partial charge in [-0.2, -0.15) is 0 Å². The van der Waals surface area contributed by atoms with E-state index in [0.29, 0.717) is 6.04 Å². The van der Waals surface area contributed by atoms with Gasteiger partial charge in [0.05, 0.1) is 0 Å². The molecule has 0 fully saturated rings. The molecule has 0 amide bonds. The van der Waals surface area contributed by atoms with E-state index in [1.165, 1.54) is 54.1 Å². The van der Waals surface area contributed by atoms with Crippen molar-refractivity contribution in [2.75, 3.05) is 7.05 Å². The fourth-order valence-electron chi connectivity index (χ4n) is 2.44. The van der Waals surface area contributed by atoms with Crippen LogP contribution in [0, 0.1) is 6.92 Å². The monoisotopic (exact) mass is 311 g/mol. The minimum absolute atomic E-state index is 0.500. The van der Waals surface area contributed by atoms with E-state index in [9.17, 15) is 0 Å². The average Bonchev–Trinajstić information content (AvgIpc) is 2.35. The highest BCUT2D eigenvalue weighted by atomic mass is 79.9. The van der Waals surface area contributed by atoms with Gasteiger partial charge in [0.15, 0.2) is 0 Å². The van der Waals surface area contributed by atoms with Crippen molar-refractivity contribution < 1.29 is 0 Å². The van der Waals surface area contributed by atoms with E-state index in [2.05, 4.69) is 60.3 Å². The van der Waals surface area contributed by atoms with E-state index in [-0.39, 0.29) is 0 Å². The zero-order valence-corrected chi connectivity index (χ0v) is 13.5. The fourth-order valence-corrected chi connectivity index (χ4v) is 2.91. The molecule has 1 unspecified atom stereocenters. The van der Waals surface area contributed by atoms with Gasteiger partial charge in [-0.25, -0.2) is 0 Å². The van der Waals surface area contributed by atoms with E-state index in [1.54, 1.807) is 0 Å². The predicted octanol–water partition coefficient (Wildman–Crippen LogP) is 5.38. The Morgan fingerprint density at radius 1 is 1.17 bits per heavy atom. The summed E-state index contributed by atoms with van der Waals surface area (Å²) >= 11 is 3.53. The van der Waals surface area contributed by atoms with Crippen LogP contribution in [0.1, 0.15) is 62.6 Å². The van der Waals surface area contributed by atoms with Crippen LogP contribution in [0.4, 0.5) is 0 Å². The molecule has 0 saturated heterocycles. The lowest BCUT2D eigenvalue weighted by Gasteiger charge is -2.19. The van der Waals surface area contributed by atoms with Gasteiger partial charge in [-0.15, -0.1) is 0 Å². The van der Waals surface area contributed by atoms with Crippen LogP contribution in [0.2, 0.25) is 0 Å². The summed E-state index contributed by atoms with van der Waals surface area (Å²) in [5, 5.41) is 3.45. The molecule has 1 atom stereocenters. The van der Waals surface area contributed by atoms with Crippen LogP contribution in [-0.4, -0.2) is 7.05 Å². The first-order chi connectivity index (χ1) is 8.69. The molecule has 0 saturated carbocycles. The van der Waals surface area contributed by atoms with Crippen molar-refractivity contribution in [3.05, 3.63) is 33.8 Å². The number of hydrogen-bond donors (Lipinski definition) is 1. The van der Waals surface area contributed by atoms with Gasteiger partial charge in [0.2, 0.25) is 0 Å². The van der Waals surface area contributed by atoms with E-state index in [4.69, 9.17) is 0 Å². The first-order valence-electron chi connectivity index (χ1n) is 7.12. The number of rotatable bonds is 8. The van der Waals surface area contributed by atoms with Crippen molar-refractivity contribution in [1.29, 1.82) is 0 Å². The zero-order valence-electron chi connectivity index (χ0n) is 11.9. The third-order valence-electron chi connectivity index (χ3n) is 3.55. The lowest BCUT2D eigenvalue weighted by Crippen LogP contribution is -2.17. The Balaban J connectivity index is 2.49. The van der Waals surface area contributed by atoms with Crippen LogP contribution >= 0.6 is 15.9 Å². The van der Waals surface area contributed by atoms with Crippen molar-refractivity contribution in [1.82, 2.24) is 5.32 Å². The highest BCUT2D eigenvalue weighted by Gasteiger charge is 2.11. The lowest BCUT2D eigenvalue weighted by molar-refractivity contribution is 0.499. The molecule has 0 bridgehead atoms. The maximum Gasteiger partial charge on any atom is 0.0320 e. The van der Waals surface area contributed by atoms with Crippen LogP contribution in [-0.2, 0) is 0 Å². The number of aryl methyl sites for hydroxylation is 1. The smallest absolute Gasteiger partial charge is 0.0320 e. The number of halogens is 1. The predicted molar refractivity (Wildman–Crippen MR) is 84.1 cm³/mol. The van der Waals surface area contributed by atoms with E-state index < -0.39 is 0 Å². The molecule has 2 heteroatoms. The molecule has 102 valence electrons. The average molecular weight is 312 g/mol. The van der Waals surface area contributed by atoms with Gasteiger partial charge in [-0.05, 0) is 43.7 Å². The molecule has 18 heavy (non-hydrogen) atoms. The minimum Gasteiger partial charge on any atom is -0.313 e. The molecule has 0 spiro atoms. The summed E-state index contributed by atoms with van der Waals surface area (Å²) < 4.78 is 1.17. The third kappa shape index (κ3) is 5.11. The Morgan fingerprint density at radius 3 is 2.50 bits per heavy atom. The largest absolute Gasteiger partial charge is 0.313 e. The summed E-state index contributed by atoms with van der Waals surface area (Å²) in [6.07, 6.45) is 8.00. The Labute approximate surface area is 120 Å². The molecule has 1 rings (SSSR count). The van der Waals surface area contributed by atoms with Crippen molar-refractivity contribution in [2.45, 2.75) is 58.4 Å². The van der Waals surface area contributed by atoms with E-state index in [0.717, 1.165) is 0 Å². The maximum atomic E-state index is 3.53. The first-order valence-corrected chi connectivity index (χ1v) is 7.91. The second-order valence-corrected chi connectivity index (χ2v) is 5.96. The molecular weight excluding hydrogens is 286 g/mol. The number of nitrogens with one attached hydrogen (secondary N) is 1. The fraction of sp³-hybridized carbons (Fsp3) is 0.625. The van der Waals surface area contributed by atoms with E-state index in [1.807, 2.05) is 0 Å². The van der Waals surface area contributed by atoms with Crippen LogP contribution in [0.5, 0.6) is 0 Å². The summed E-state index contributed by atoms with van der Waals surface area (Å²) in [5.41, 5.74) is 2.81. The third-order valence-corrected chi connectivity index (χ3v) is 4.05. The standard InChI is InChI=1S/C16H26BrN/c1-4-5-6-7-8-9-16(18-3)15-11-10-14(17)12-13(15)2/h10-12,16,18H,4-9H2,1-3H3. The Hall–Kier alpha value is -0.340. The molecule has 0 aliphatic heterocycles. The van der Waals surface area contributed by atoms with Crippen LogP contribution in [0.25, 0.3) is 0 Å². The number of unbranched alkanes of at least 4 members (excludes halogenated alkanes) is 4. The molecule has 0 aromatic heterocycles. The highest BCUT2D eigenvalue weighted by Crippen LogP contribution is 2.25. The minimum atomic E-state index is 0.500. The molecule has 1 N–H and O–H groups in total. The molecular formula is C16H26BrN. The van der Waals surface area contributed by atoms with Crippen molar-refractivity contribution in [2.24, 2.45) is 0 Å². The van der Waals surface area contributed by atoms with Crippen LogP contribution in [0.3, 0.4) is 0 Å². The number of benzene rings is 1. The molecule has 1 aromatic carbocycles. The van der Waals surface area contributed by atoms with E-state index >= 15 is 0 Å². The van der Waals surface area contributed by atoms with Crippen molar-refractivity contribution >= 4 is 15.9 Å². The summed E-state index contributed by atoms with van der Waals surface area (Å²) in [7, 11) is 2.07. The quantitative estimate of drug-likeness (QED) is 0.636. The zero-order chi connectivity index (χ0) is 13.4. The normalized spacial score (nSPS) is 12.7. The molecule has 0 radical (unpaired) electrons. The van der Waals surface area contributed by atoms with Gasteiger partial charge in [0, 0.05) is 10.5 Å². The lowest BCUT2D eigenvalue weighted by atomic mass is 9.96. The van der Waals surface area contributed by atoms with Crippen molar-refractivity contribution in [3.8, 4) is 0 Å². The van der Waals surface area contributed by atoms with Gasteiger partial charge < -0.3 is 5.32 Å². The number of hydrogen-bond acceptors (Lipinski definition) is 1. The van der Waals surface area contributed by atoms with Crippen LogP contribution in [0.15, 0.2) is 22.7 Å². The SMILES string of the molecule is CCCCCCCC(NC)c1ccc(Br)cc1C. The molecule has 0 aliphatic carbocycles. The maximum absolute atomic E-state index is 3.53. The summed E-state index contributed by atoms with van der Waals surface area (Å²) in [6.45, 7) is 4.46.